The molecule has 14 nitrogen and oxygen atoms in total. The van der Waals surface area contributed by atoms with Gasteiger partial charge in [0.25, 0.3) is 0 Å². The average molecular weight is 754 g/mol. The standard InChI is InChI=1S/C35H45BrN8O6/c36-6-10-47-12-14-49-16-18-50-17-15-48-13-11-46-9-5-30(45)43-8-4-26-19-25(1-2-28(26)23-43)22-44-35-31(33(37)40-24-41-35)32(42-44)29-20-27-3-7-38-34(27)39-21-29/h3,7,19-21,24H,1-2,4-6,8-18,22-23H2,(H,38,39)(H2,37,40,41). The second kappa shape index (κ2) is 18.5. The fourth-order valence-corrected chi connectivity index (χ4v) is 6.41. The lowest BCUT2D eigenvalue weighted by Gasteiger charge is -2.33. The summed E-state index contributed by atoms with van der Waals surface area (Å²) in [5.41, 5.74) is 13.4. The van der Waals surface area contributed by atoms with E-state index in [4.69, 9.17) is 34.5 Å². The molecule has 0 bridgehead atoms. The Kier molecular flexibility index (Phi) is 13.3. The lowest BCUT2D eigenvalue weighted by Crippen LogP contribution is -2.38. The Morgan fingerprint density at radius 2 is 1.62 bits per heavy atom. The summed E-state index contributed by atoms with van der Waals surface area (Å²) in [7, 11) is 0. The van der Waals surface area contributed by atoms with Gasteiger partial charge in [0.05, 0.1) is 84.4 Å². The van der Waals surface area contributed by atoms with Gasteiger partial charge in [0, 0.05) is 41.8 Å². The normalized spacial score (nSPS) is 14.9. The van der Waals surface area contributed by atoms with Crippen molar-refractivity contribution in [1.82, 2.24) is 34.6 Å². The molecule has 2 aliphatic rings. The minimum atomic E-state index is 0.123. The van der Waals surface area contributed by atoms with E-state index >= 15 is 0 Å². The van der Waals surface area contributed by atoms with Crippen LogP contribution in [0.2, 0.25) is 0 Å². The number of rotatable bonds is 20. The van der Waals surface area contributed by atoms with Gasteiger partial charge in [0.15, 0.2) is 5.65 Å². The van der Waals surface area contributed by atoms with Crippen molar-refractivity contribution in [3.8, 4) is 11.3 Å². The van der Waals surface area contributed by atoms with E-state index in [0.717, 1.165) is 52.3 Å². The van der Waals surface area contributed by atoms with Gasteiger partial charge < -0.3 is 39.3 Å². The summed E-state index contributed by atoms with van der Waals surface area (Å²) in [6.45, 7) is 7.14. The van der Waals surface area contributed by atoms with E-state index in [9.17, 15) is 4.79 Å². The van der Waals surface area contributed by atoms with Crippen LogP contribution in [0.1, 0.15) is 25.7 Å². The number of ether oxygens (including phenoxy) is 5. The number of nitrogens with one attached hydrogen (secondary N) is 1. The van der Waals surface area contributed by atoms with Gasteiger partial charge in [0.1, 0.15) is 23.5 Å². The van der Waals surface area contributed by atoms with Gasteiger partial charge >= 0.3 is 0 Å². The summed E-state index contributed by atoms with van der Waals surface area (Å²) in [5, 5.41) is 7.52. The van der Waals surface area contributed by atoms with Crippen molar-refractivity contribution in [2.45, 2.75) is 32.2 Å². The highest BCUT2D eigenvalue weighted by molar-refractivity contribution is 9.09. The molecule has 0 fully saturated rings. The summed E-state index contributed by atoms with van der Waals surface area (Å²) in [6.07, 6.45) is 10.4. The van der Waals surface area contributed by atoms with E-state index in [1.54, 1.807) is 6.20 Å². The molecular weight excluding hydrogens is 708 g/mol. The molecule has 50 heavy (non-hydrogen) atoms. The van der Waals surface area contributed by atoms with Crippen LogP contribution in [0.5, 0.6) is 0 Å². The highest BCUT2D eigenvalue weighted by Crippen LogP contribution is 2.34. The summed E-state index contributed by atoms with van der Waals surface area (Å²) in [5.74, 6) is 0.517. The first-order valence-corrected chi connectivity index (χ1v) is 18.3. The van der Waals surface area contributed by atoms with Crippen molar-refractivity contribution in [3.05, 3.63) is 53.6 Å². The Morgan fingerprint density at radius 3 is 2.36 bits per heavy atom. The SMILES string of the molecule is Nc1ncnc2c1c(-c1cnc3[nH]ccc3c1)nn2CC1=CC2=C(CC1)CN(C(=O)CCOCCOCCOCCOCCOCCBr)CC2. The number of nitrogens with zero attached hydrogens (tertiary/aromatic N) is 6. The number of anilines is 1. The summed E-state index contributed by atoms with van der Waals surface area (Å²) in [6, 6.07) is 4.03. The number of nitrogen functional groups attached to an aromatic ring is 1. The number of nitrogens with two attached hydrogens (primary N) is 1. The fraction of sp³-hybridized carbons (Fsp3) is 0.514. The van der Waals surface area contributed by atoms with Gasteiger partial charge in [-0.1, -0.05) is 22.0 Å². The number of allylic oxidation sites excluding steroid dienone is 2. The van der Waals surface area contributed by atoms with Crippen LogP contribution in [0.4, 0.5) is 5.82 Å². The van der Waals surface area contributed by atoms with Crippen LogP contribution in [0, 0.1) is 0 Å². The largest absolute Gasteiger partial charge is 0.383 e. The Labute approximate surface area is 299 Å². The maximum atomic E-state index is 13.0. The molecule has 0 saturated carbocycles. The van der Waals surface area contributed by atoms with Crippen molar-refractivity contribution in [2.75, 3.05) is 90.2 Å². The van der Waals surface area contributed by atoms with Crippen molar-refractivity contribution in [2.24, 2.45) is 0 Å². The lowest BCUT2D eigenvalue weighted by molar-refractivity contribution is -0.132. The molecule has 0 saturated heterocycles. The first-order valence-electron chi connectivity index (χ1n) is 17.1. The predicted molar refractivity (Wildman–Crippen MR) is 193 cm³/mol. The van der Waals surface area contributed by atoms with Crippen molar-refractivity contribution < 1.29 is 28.5 Å². The molecule has 15 heteroatoms. The molecule has 6 rings (SSSR count). The first-order chi connectivity index (χ1) is 24.6. The fourth-order valence-electron chi connectivity index (χ4n) is 6.18. The lowest BCUT2D eigenvalue weighted by atomic mass is 9.88. The number of alkyl halides is 1. The molecule has 3 N–H and O–H groups in total. The maximum absolute atomic E-state index is 13.0. The number of carbonyl (C=O) groups is 1. The second-order valence-corrected chi connectivity index (χ2v) is 12.9. The smallest absolute Gasteiger partial charge is 0.225 e. The summed E-state index contributed by atoms with van der Waals surface area (Å²) in [4.78, 5) is 31.4. The maximum Gasteiger partial charge on any atom is 0.225 e. The van der Waals surface area contributed by atoms with Gasteiger partial charge in [-0.15, -0.1) is 0 Å². The van der Waals surface area contributed by atoms with E-state index in [-0.39, 0.29) is 5.91 Å². The van der Waals surface area contributed by atoms with Crippen molar-refractivity contribution in [1.29, 1.82) is 0 Å². The average Bonchev–Trinajstić information content (AvgIpc) is 3.76. The molecule has 4 aromatic rings. The number of fused-ring (bicyclic) bond motifs is 2. The second-order valence-electron chi connectivity index (χ2n) is 12.1. The van der Waals surface area contributed by atoms with Gasteiger partial charge in [-0.2, -0.15) is 5.10 Å². The first kappa shape index (κ1) is 36.1. The number of hydrogen-bond acceptors (Lipinski definition) is 11. The van der Waals surface area contributed by atoms with Crippen LogP contribution in [-0.4, -0.2) is 125 Å². The van der Waals surface area contributed by atoms with Crippen LogP contribution in [0.15, 0.2) is 53.6 Å². The molecule has 268 valence electrons. The van der Waals surface area contributed by atoms with Crippen molar-refractivity contribution >= 4 is 49.7 Å². The van der Waals surface area contributed by atoms with E-state index in [2.05, 4.69) is 41.9 Å². The number of carbonyl (C=O) groups excluding carboxylic acids is 1. The highest BCUT2D eigenvalue weighted by Gasteiger charge is 2.25. The highest BCUT2D eigenvalue weighted by atomic mass is 79.9. The minimum Gasteiger partial charge on any atom is -0.383 e. The van der Waals surface area contributed by atoms with Gasteiger partial charge in [0.2, 0.25) is 5.91 Å². The molecule has 1 aliphatic carbocycles. The Hall–Kier alpha value is -3.73. The molecule has 5 heterocycles. The predicted octanol–water partition coefficient (Wildman–Crippen LogP) is 4.07. The number of hydrogen-bond donors (Lipinski definition) is 2. The van der Waals surface area contributed by atoms with E-state index in [1.165, 1.54) is 23.0 Å². The summed E-state index contributed by atoms with van der Waals surface area (Å²) < 4.78 is 29.4. The molecule has 1 amide bonds. The van der Waals surface area contributed by atoms with E-state index in [0.29, 0.717) is 104 Å². The third-order valence-corrected chi connectivity index (χ3v) is 9.04. The molecule has 0 atom stereocenters. The number of halogens is 1. The topological polar surface area (TPSA) is 165 Å². The quantitative estimate of drug-likeness (QED) is 0.0988. The molecule has 4 aromatic heterocycles. The van der Waals surface area contributed by atoms with E-state index in [1.807, 2.05) is 27.9 Å². The molecule has 0 radical (unpaired) electrons. The third kappa shape index (κ3) is 9.53. The summed E-state index contributed by atoms with van der Waals surface area (Å²) >= 11 is 3.31. The Balaban J connectivity index is 0.914. The van der Waals surface area contributed by atoms with Crippen LogP contribution in [0.3, 0.4) is 0 Å². The minimum absolute atomic E-state index is 0.123. The number of amides is 1. The van der Waals surface area contributed by atoms with Crippen LogP contribution >= 0.6 is 15.9 Å². The van der Waals surface area contributed by atoms with Gasteiger partial charge in [-0.3, -0.25) is 4.79 Å². The number of pyridine rings is 1. The zero-order chi connectivity index (χ0) is 34.5. The van der Waals surface area contributed by atoms with Crippen LogP contribution in [-0.2, 0) is 35.0 Å². The molecular formula is C35H45BrN8O6. The molecule has 0 aromatic carbocycles. The number of aromatic nitrogens is 6. The van der Waals surface area contributed by atoms with Crippen LogP contribution < -0.4 is 5.73 Å². The molecule has 0 spiro atoms. The third-order valence-electron chi connectivity index (χ3n) is 8.72. The van der Waals surface area contributed by atoms with Gasteiger partial charge in [-0.25, -0.2) is 19.6 Å². The van der Waals surface area contributed by atoms with E-state index < -0.39 is 0 Å². The Bertz CT molecular complexity index is 1790. The Morgan fingerprint density at radius 1 is 0.900 bits per heavy atom. The van der Waals surface area contributed by atoms with Gasteiger partial charge in [-0.05, 0) is 48.1 Å². The number of H-pyrrole nitrogens is 1. The monoisotopic (exact) mass is 752 g/mol. The van der Waals surface area contributed by atoms with Crippen LogP contribution in [0.25, 0.3) is 33.3 Å². The zero-order valence-corrected chi connectivity index (χ0v) is 29.9. The number of aromatic amines is 1. The molecule has 0 unspecified atom stereocenters. The van der Waals surface area contributed by atoms with Crippen molar-refractivity contribution in [3.63, 3.8) is 0 Å². The molecule has 1 aliphatic heterocycles. The zero-order valence-electron chi connectivity index (χ0n) is 28.3.